The quantitative estimate of drug-likeness (QED) is 0.810. The molecule has 0 spiro atoms. The Hall–Kier alpha value is -2.13. The smallest absolute Gasteiger partial charge is 0.255 e. The van der Waals surface area contributed by atoms with Crippen molar-refractivity contribution < 1.29 is 9.59 Å². The van der Waals surface area contributed by atoms with Gasteiger partial charge in [-0.2, -0.15) is 0 Å². The molecule has 2 aromatic rings. The normalized spacial score (nSPS) is 16.9. The van der Waals surface area contributed by atoms with Gasteiger partial charge in [-0.05, 0) is 34.9 Å². The van der Waals surface area contributed by atoms with Crippen LogP contribution in [0.15, 0.2) is 48.5 Å². The first kappa shape index (κ1) is 11.9. The molecule has 19 heavy (non-hydrogen) atoms. The molecule has 1 heterocycles. The number of carbonyl (C=O) groups excluding carboxylic acids is 2. The van der Waals surface area contributed by atoms with Gasteiger partial charge < -0.3 is 5.32 Å². The monoisotopic (exact) mass is 271 g/mol. The maximum atomic E-state index is 12.2. The third-order valence-electron chi connectivity index (χ3n) is 3.26. The number of hydrogen-bond acceptors (Lipinski definition) is 2. The molecule has 0 aromatic heterocycles. The summed E-state index contributed by atoms with van der Waals surface area (Å²) >= 11 is 5.75. The van der Waals surface area contributed by atoms with Crippen LogP contribution >= 0.6 is 11.6 Å². The van der Waals surface area contributed by atoms with E-state index in [1.807, 2.05) is 18.2 Å². The Bertz CT molecular complexity index is 681. The lowest BCUT2D eigenvalue weighted by atomic mass is 9.89. The first-order valence-corrected chi connectivity index (χ1v) is 6.25. The average Bonchev–Trinajstić information content (AvgIpc) is 2.53. The predicted octanol–water partition coefficient (Wildman–Crippen LogP) is 3.15. The van der Waals surface area contributed by atoms with Crippen LogP contribution in [0.5, 0.6) is 0 Å². The molecule has 0 radical (unpaired) electrons. The van der Waals surface area contributed by atoms with Crippen molar-refractivity contribution in [3.63, 3.8) is 0 Å². The summed E-state index contributed by atoms with van der Waals surface area (Å²) in [6, 6.07) is 14.2. The largest absolute Gasteiger partial charge is 0.322 e. The molecule has 3 nitrogen and oxygen atoms in total. The summed E-state index contributed by atoms with van der Waals surface area (Å²) in [5.74, 6) is -0.837. The highest BCUT2D eigenvalue weighted by atomic mass is 35.5. The maximum absolute atomic E-state index is 12.2. The Morgan fingerprint density at radius 1 is 1.00 bits per heavy atom. The summed E-state index contributed by atoms with van der Waals surface area (Å²) in [5, 5.41) is 2.32. The van der Waals surface area contributed by atoms with Gasteiger partial charge in [-0.25, -0.2) is 0 Å². The van der Waals surface area contributed by atoms with Gasteiger partial charge in [-0.15, -0.1) is 0 Å². The van der Waals surface area contributed by atoms with Crippen LogP contribution in [0.1, 0.15) is 27.4 Å². The van der Waals surface area contributed by atoms with Crippen molar-refractivity contribution in [2.45, 2.75) is 5.92 Å². The zero-order valence-corrected chi connectivity index (χ0v) is 10.6. The standard InChI is InChI=1S/C15H10ClNO2/c16-14(18)13-9-5-1-2-6-10(9)15(19)17-12-8-4-3-7-11(12)13/h1-8,13H,(H,17,19). The number of para-hydroxylation sites is 1. The Balaban J connectivity index is 2.32. The highest BCUT2D eigenvalue weighted by molar-refractivity contribution is 6.65. The molecule has 3 rings (SSSR count). The fourth-order valence-electron chi connectivity index (χ4n) is 2.42. The number of rotatable bonds is 1. The molecule has 1 unspecified atom stereocenters. The second-order valence-corrected chi connectivity index (χ2v) is 4.74. The zero-order valence-electron chi connectivity index (χ0n) is 9.89. The van der Waals surface area contributed by atoms with Gasteiger partial charge in [0.1, 0.15) is 0 Å². The van der Waals surface area contributed by atoms with Gasteiger partial charge in [0.05, 0.1) is 5.92 Å². The molecule has 1 atom stereocenters. The Morgan fingerprint density at radius 2 is 1.63 bits per heavy atom. The molecular weight excluding hydrogens is 262 g/mol. The highest BCUT2D eigenvalue weighted by Gasteiger charge is 2.30. The van der Waals surface area contributed by atoms with E-state index in [1.54, 1.807) is 30.3 Å². The zero-order chi connectivity index (χ0) is 13.4. The summed E-state index contributed by atoms with van der Waals surface area (Å²) in [6.07, 6.45) is 0. The molecular formula is C15H10ClNO2. The lowest BCUT2D eigenvalue weighted by Gasteiger charge is -2.14. The number of hydrogen-bond donors (Lipinski definition) is 1. The number of nitrogens with one attached hydrogen (secondary N) is 1. The van der Waals surface area contributed by atoms with E-state index >= 15 is 0 Å². The number of amides is 1. The number of carbonyl (C=O) groups is 2. The molecule has 0 saturated carbocycles. The minimum absolute atomic E-state index is 0.219. The lowest BCUT2D eigenvalue weighted by Crippen LogP contribution is -2.12. The van der Waals surface area contributed by atoms with Gasteiger partial charge in [0, 0.05) is 11.3 Å². The van der Waals surface area contributed by atoms with Gasteiger partial charge in [-0.3, -0.25) is 9.59 Å². The second kappa shape index (κ2) is 4.52. The fraction of sp³-hybridized carbons (Fsp3) is 0.0667. The van der Waals surface area contributed by atoms with Gasteiger partial charge in [0.2, 0.25) is 5.24 Å². The molecule has 0 aliphatic carbocycles. The van der Waals surface area contributed by atoms with Gasteiger partial charge in [-0.1, -0.05) is 36.4 Å². The number of halogens is 1. The molecule has 1 N–H and O–H groups in total. The van der Waals surface area contributed by atoms with Crippen molar-refractivity contribution in [2.24, 2.45) is 0 Å². The molecule has 1 aliphatic rings. The van der Waals surface area contributed by atoms with Crippen LogP contribution in [0.2, 0.25) is 0 Å². The Labute approximate surface area is 115 Å². The minimum atomic E-state index is -0.618. The summed E-state index contributed by atoms with van der Waals surface area (Å²) in [6.45, 7) is 0. The van der Waals surface area contributed by atoms with Crippen molar-refractivity contribution in [2.75, 3.05) is 5.32 Å². The molecule has 2 aromatic carbocycles. The van der Waals surface area contributed by atoms with Crippen LogP contribution < -0.4 is 5.32 Å². The van der Waals surface area contributed by atoms with Crippen molar-refractivity contribution in [3.05, 3.63) is 65.2 Å². The highest BCUT2D eigenvalue weighted by Crippen LogP contribution is 2.36. The van der Waals surface area contributed by atoms with Gasteiger partial charge in [0.25, 0.3) is 5.91 Å². The van der Waals surface area contributed by atoms with E-state index in [0.29, 0.717) is 16.8 Å². The number of fused-ring (bicyclic) bond motifs is 2. The Kier molecular flexibility index (Phi) is 2.84. The van der Waals surface area contributed by atoms with Crippen molar-refractivity contribution in [1.82, 2.24) is 0 Å². The molecule has 1 amide bonds. The maximum Gasteiger partial charge on any atom is 0.255 e. The summed E-state index contributed by atoms with van der Waals surface area (Å²) in [5.41, 5.74) is 2.48. The second-order valence-electron chi connectivity index (χ2n) is 4.37. The number of benzene rings is 2. The molecule has 94 valence electrons. The third-order valence-corrected chi connectivity index (χ3v) is 3.48. The van der Waals surface area contributed by atoms with E-state index in [4.69, 9.17) is 11.6 Å². The summed E-state index contributed by atoms with van der Waals surface area (Å²) in [4.78, 5) is 24.0. The molecule has 0 bridgehead atoms. The fourth-order valence-corrected chi connectivity index (χ4v) is 2.65. The van der Waals surface area contributed by atoms with E-state index in [1.165, 1.54) is 0 Å². The average molecular weight is 272 g/mol. The molecule has 0 fully saturated rings. The first-order valence-electron chi connectivity index (χ1n) is 5.87. The SMILES string of the molecule is O=C1Nc2ccccc2C(C(=O)Cl)c2ccccc21. The first-order chi connectivity index (χ1) is 9.18. The summed E-state index contributed by atoms with van der Waals surface area (Å²) in [7, 11) is 0. The van der Waals surface area contributed by atoms with E-state index in [2.05, 4.69) is 5.32 Å². The number of anilines is 1. The lowest BCUT2D eigenvalue weighted by molar-refractivity contribution is -0.112. The van der Waals surface area contributed by atoms with Crippen LogP contribution in [0.3, 0.4) is 0 Å². The van der Waals surface area contributed by atoms with Crippen LogP contribution in [0.4, 0.5) is 5.69 Å². The van der Waals surface area contributed by atoms with Crippen molar-refractivity contribution in [1.29, 1.82) is 0 Å². The van der Waals surface area contributed by atoms with Crippen LogP contribution in [0, 0.1) is 0 Å². The summed E-state index contributed by atoms with van der Waals surface area (Å²) < 4.78 is 0. The van der Waals surface area contributed by atoms with Crippen molar-refractivity contribution >= 4 is 28.4 Å². The molecule has 1 aliphatic heterocycles. The third kappa shape index (κ3) is 1.92. The van der Waals surface area contributed by atoms with Gasteiger partial charge in [0.15, 0.2) is 0 Å². The van der Waals surface area contributed by atoms with E-state index in [-0.39, 0.29) is 5.91 Å². The van der Waals surface area contributed by atoms with E-state index in [0.717, 1.165) is 5.56 Å². The van der Waals surface area contributed by atoms with Crippen LogP contribution in [0.25, 0.3) is 0 Å². The van der Waals surface area contributed by atoms with Gasteiger partial charge >= 0.3 is 0 Å². The van der Waals surface area contributed by atoms with E-state index in [9.17, 15) is 9.59 Å². The van der Waals surface area contributed by atoms with Crippen LogP contribution in [-0.4, -0.2) is 11.1 Å². The molecule has 0 saturated heterocycles. The van der Waals surface area contributed by atoms with E-state index < -0.39 is 11.2 Å². The van der Waals surface area contributed by atoms with Crippen LogP contribution in [-0.2, 0) is 4.79 Å². The van der Waals surface area contributed by atoms with Crippen molar-refractivity contribution in [3.8, 4) is 0 Å². The minimum Gasteiger partial charge on any atom is -0.322 e. The Morgan fingerprint density at radius 3 is 2.37 bits per heavy atom. The predicted molar refractivity (Wildman–Crippen MR) is 73.5 cm³/mol. The molecule has 4 heteroatoms. The topological polar surface area (TPSA) is 46.2 Å².